The summed E-state index contributed by atoms with van der Waals surface area (Å²) in [5, 5.41) is 62.4. The third-order valence-corrected chi connectivity index (χ3v) is 11.9. The number of ether oxygens (including phenoxy) is 7. The van der Waals surface area contributed by atoms with E-state index in [0.717, 1.165) is 45.3 Å². The van der Waals surface area contributed by atoms with Crippen molar-refractivity contribution in [1.82, 2.24) is 25.9 Å². The molecule has 3 heterocycles. The summed E-state index contributed by atoms with van der Waals surface area (Å²) in [5.41, 5.74) is 3.34. The van der Waals surface area contributed by atoms with Crippen molar-refractivity contribution >= 4 is 23.7 Å². The highest BCUT2D eigenvalue weighted by molar-refractivity contribution is 5.92. The van der Waals surface area contributed by atoms with Crippen molar-refractivity contribution in [1.29, 1.82) is 0 Å². The zero-order valence-electron chi connectivity index (χ0n) is 35.4. The molecule has 0 spiro atoms. The van der Waals surface area contributed by atoms with Gasteiger partial charge in [-0.25, -0.2) is 4.79 Å². The molecule has 1 aromatic heterocycles. The van der Waals surface area contributed by atoms with Gasteiger partial charge in [0.1, 0.15) is 60.6 Å². The molecule has 15 atom stereocenters. The standard InChI is InChI=1S/C39H62N6O18/c1-17-28(49)30(51)31(52)38(59-17)63-32-20(42-34(53)21-14-25(47)45-39(56)43-21)12-19(36(55)58-3)13-22(32)61-37-27(44-26(48)15-40)33(29(50)24(16-46)62-37)60-23(35(54)41-9-10-57-2)11-18-7-5-4-6-8-18/h14,17-20,22-24,27-33,37-38,46,49-52H,4-13,15-16,40H2,1-3H3,(H,41,54)(H,42,53)(H,44,48)(H2,43,45,47,56)/t17?,19?,20?,22-,23+,24?,27?,28-,29+,30?,31?,32?,33?,37-,38+/m1/s1. The molecule has 5 rings (SSSR count). The van der Waals surface area contributed by atoms with Gasteiger partial charge in [-0.15, -0.1) is 0 Å². The Balaban J connectivity index is 1.55. The van der Waals surface area contributed by atoms with Crippen molar-refractivity contribution in [2.24, 2.45) is 17.6 Å². The minimum Gasteiger partial charge on any atom is -0.469 e. The summed E-state index contributed by atoms with van der Waals surface area (Å²) in [5.74, 6) is -4.06. The third-order valence-electron chi connectivity index (χ3n) is 11.9. The lowest BCUT2D eigenvalue weighted by atomic mass is 9.81. The van der Waals surface area contributed by atoms with E-state index in [1.54, 1.807) is 0 Å². The summed E-state index contributed by atoms with van der Waals surface area (Å²) in [6, 6.07) is -1.99. The number of nitrogens with two attached hydrogens (primary N) is 1. The van der Waals surface area contributed by atoms with Crippen molar-refractivity contribution in [3.8, 4) is 0 Å². The number of methoxy groups -OCH3 is 2. The number of aromatic nitrogens is 2. The van der Waals surface area contributed by atoms with Crippen LogP contribution in [0, 0.1) is 11.8 Å². The lowest BCUT2D eigenvalue weighted by molar-refractivity contribution is -0.335. The SMILES string of the molecule is COCCNC(=O)[C@H](CC1CCCCC1)OC1C(NC(=O)CN)[C@H](O[C@@H]2CC(C(=O)OC)CC(NC(=O)c3cc(=O)[nH]c(=O)[nH]3)C2O[C@@H]2OC(C)[C@@H](O)C(O)C2O)OC(CO)[C@@H]1O. The number of esters is 1. The second-order valence-electron chi connectivity index (χ2n) is 16.4. The Morgan fingerprint density at radius 3 is 2.29 bits per heavy atom. The first-order valence-electron chi connectivity index (χ1n) is 21.2. The van der Waals surface area contributed by atoms with E-state index in [1.807, 2.05) is 4.98 Å². The van der Waals surface area contributed by atoms with Crippen LogP contribution in [0.25, 0.3) is 0 Å². The third kappa shape index (κ3) is 12.9. The van der Waals surface area contributed by atoms with Crippen LogP contribution >= 0.6 is 0 Å². The van der Waals surface area contributed by atoms with E-state index in [2.05, 4.69) is 20.9 Å². The molecular formula is C39H62N6O18. The summed E-state index contributed by atoms with van der Waals surface area (Å²) in [6.07, 6.45) is -14.1. The summed E-state index contributed by atoms with van der Waals surface area (Å²) in [6.45, 7) is 0.373. The van der Waals surface area contributed by atoms with E-state index in [1.165, 1.54) is 14.0 Å². The first kappa shape index (κ1) is 50.1. The molecule has 24 heteroatoms. The Morgan fingerprint density at radius 1 is 0.905 bits per heavy atom. The van der Waals surface area contributed by atoms with Gasteiger partial charge in [-0.2, -0.15) is 0 Å². The summed E-state index contributed by atoms with van der Waals surface area (Å²) < 4.78 is 41.3. The van der Waals surface area contributed by atoms with E-state index < -0.39 is 145 Å². The first-order valence-corrected chi connectivity index (χ1v) is 21.2. The van der Waals surface area contributed by atoms with Gasteiger partial charge in [0.05, 0.1) is 51.0 Å². The molecule has 2 aliphatic heterocycles. The largest absolute Gasteiger partial charge is 0.469 e. The number of amides is 3. The van der Waals surface area contributed by atoms with Crippen LogP contribution in [0.4, 0.5) is 0 Å². The number of carbonyl (C=O) groups is 4. The van der Waals surface area contributed by atoms with Crippen LogP contribution in [0.5, 0.6) is 0 Å². The predicted molar refractivity (Wildman–Crippen MR) is 213 cm³/mol. The topological polar surface area (TPSA) is 362 Å². The molecule has 0 aromatic carbocycles. The van der Waals surface area contributed by atoms with Gasteiger partial charge in [-0.05, 0) is 32.1 Å². The minimum atomic E-state index is -1.87. The van der Waals surface area contributed by atoms with Crippen LogP contribution in [-0.4, -0.2) is 185 Å². The number of aliphatic hydroxyl groups is 5. The molecule has 4 fully saturated rings. The maximum absolute atomic E-state index is 13.7. The zero-order valence-corrected chi connectivity index (χ0v) is 35.4. The Labute approximate surface area is 361 Å². The molecule has 12 N–H and O–H groups in total. The average Bonchev–Trinajstić information content (AvgIpc) is 3.26. The maximum Gasteiger partial charge on any atom is 0.326 e. The lowest BCUT2D eigenvalue weighted by Crippen LogP contribution is -2.68. The molecule has 0 radical (unpaired) electrons. The molecule has 2 aliphatic carbocycles. The quantitative estimate of drug-likeness (QED) is 0.0487. The van der Waals surface area contributed by atoms with Crippen molar-refractivity contribution < 1.29 is 77.9 Å². The number of aliphatic hydroxyl groups excluding tert-OH is 5. The van der Waals surface area contributed by atoms with Gasteiger partial charge in [0.25, 0.3) is 11.5 Å². The summed E-state index contributed by atoms with van der Waals surface area (Å²) in [4.78, 5) is 82.2. The van der Waals surface area contributed by atoms with Gasteiger partial charge in [0, 0.05) is 19.7 Å². The molecule has 63 heavy (non-hydrogen) atoms. The van der Waals surface area contributed by atoms with Crippen molar-refractivity contribution in [3.05, 3.63) is 32.6 Å². The number of H-pyrrole nitrogens is 2. The zero-order chi connectivity index (χ0) is 46.0. The van der Waals surface area contributed by atoms with E-state index in [9.17, 15) is 54.3 Å². The van der Waals surface area contributed by atoms with Crippen molar-refractivity contribution in [2.75, 3.05) is 40.5 Å². The highest BCUT2D eigenvalue weighted by Gasteiger charge is 2.53. The number of rotatable bonds is 18. The number of hydrogen-bond donors (Lipinski definition) is 11. The van der Waals surface area contributed by atoms with Gasteiger partial charge in [-0.1, -0.05) is 32.1 Å². The molecule has 3 amide bonds. The monoisotopic (exact) mass is 902 g/mol. The van der Waals surface area contributed by atoms with Gasteiger partial charge in [0.2, 0.25) is 11.8 Å². The molecule has 1 aromatic rings. The highest BCUT2D eigenvalue weighted by atomic mass is 16.7. The van der Waals surface area contributed by atoms with Crippen LogP contribution in [0.2, 0.25) is 0 Å². The van der Waals surface area contributed by atoms with Gasteiger partial charge >= 0.3 is 11.7 Å². The molecule has 9 unspecified atom stereocenters. The molecular weight excluding hydrogens is 840 g/mol. The number of hydrogen-bond acceptors (Lipinski definition) is 19. The Morgan fingerprint density at radius 2 is 1.63 bits per heavy atom. The van der Waals surface area contributed by atoms with E-state index in [-0.39, 0.29) is 38.3 Å². The van der Waals surface area contributed by atoms with Crippen LogP contribution in [0.1, 0.15) is 68.8 Å². The van der Waals surface area contributed by atoms with Gasteiger partial charge < -0.3 is 85.4 Å². The minimum absolute atomic E-state index is 0.0843. The highest BCUT2D eigenvalue weighted by Crippen LogP contribution is 2.37. The first-order chi connectivity index (χ1) is 30.1. The molecule has 356 valence electrons. The van der Waals surface area contributed by atoms with Crippen LogP contribution < -0.4 is 32.9 Å². The van der Waals surface area contributed by atoms with Gasteiger partial charge in [-0.3, -0.25) is 29.0 Å². The fourth-order valence-electron chi connectivity index (χ4n) is 8.59. The van der Waals surface area contributed by atoms with Crippen LogP contribution in [0.15, 0.2) is 15.7 Å². The molecule has 2 saturated carbocycles. The second kappa shape index (κ2) is 23.3. The fraction of sp³-hybridized carbons (Fsp3) is 0.795. The summed E-state index contributed by atoms with van der Waals surface area (Å²) in [7, 11) is 2.60. The second-order valence-corrected chi connectivity index (χ2v) is 16.4. The normalized spacial score (nSPS) is 34.4. The Hall–Kier alpha value is -3.92. The molecule has 24 nitrogen and oxygen atoms in total. The van der Waals surface area contributed by atoms with Crippen molar-refractivity contribution in [3.63, 3.8) is 0 Å². The van der Waals surface area contributed by atoms with Crippen molar-refractivity contribution in [2.45, 2.75) is 144 Å². The molecule has 4 aliphatic rings. The van der Waals surface area contributed by atoms with Gasteiger partial charge in [0.15, 0.2) is 12.6 Å². The summed E-state index contributed by atoms with van der Waals surface area (Å²) >= 11 is 0. The Kier molecular flexibility index (Phi) is 18.5. The van der Waals surface area contributed by atoms with Crippen LogP contribution in [0.3, 0.4) is 0 Å². The molecule has 0 bridgehead atoms. The lowest BCUT2D eigenvalue weighted by Gasteiger charge is -2.49. The average molecular weight is 903 g/mol. The smallest absolute Gasteiger partial charge is 0.326 e. The molecule has 2 saturated heterocycles. The fourth-order valence-corrected chi connectivity index (χ4v) is 8.59. The predicted octanol–water partition coefficient (Wildman–Crippen LogP) is -4.65. The number of nitrogens with one attached hydrogen (secondary N) is 5. The Bertz CT molecular complexity index is 1770. The number of aromatic amines is 2. The maximum atomic E-state index is 13.7. The van der Waals surface area contributed by atoms with E-state index in [4.69, 9.17) is 38.9 Å². The van der Waals surface area contributed by atoms with Crippen LogP contribution in [-0.2, 0) is 47.5 Å². The van der Waals surface area contributed by atoms with E-state index >= 15 is 0 Å². The number of carbonyl (C=O) groups excluding carboxylic acids is 4. The van der Waals surface area contributed by atoms with E-state index in [0.29, 0.717) is 0 Å².